The van der Waals surface area contributed by atoms with Gasteiger partial charge in [-0.1, -0.05) is 0 Å². The van der Waals surface area contributed by atoms with Crippen LogP contribution in [0, 0.1) is 12.7 Å². The molecule has 90 valence electrons. The fraction of sp³-hybridized carbons (Fsp3) is 0.0833. The molecule has 0 spiro atoms. The molecule has 0 unspecified atom stereocenters. The van der Waals surface area contributed by atoms with Crippen LogP contribution in [-0.4, -0.2) is 19.6 Å². The first kappa shape index (κ1) is 10.6. The zero-order chi connectivity index (χ0) is 12.7. The Morgan fingerprint density at radius 1 is 1.22 bits per heavy atom. The Bertz CT molecular complexity index is 734. The molecule has 3 rings (SSSR count). The predicted molar refractivity (Wildman–Crippen MR) is 65.3 cm³/mol. The van der Waals surface area contributed by atoms with Gasteiger partial charge in [-0.15, -0.1) is 10.2 Å². The monoisotopic (exact) mass is 243 g/mol. The number of nitrogens with zero attached hydrogens (tertiary/aromatic N) is 4. The van der Waals surface area contributed by atoms with Crippen LogP contribution in [0.3, 0.4) is 0 Å². The van der Waals surface area contributed by atoms with E-state index in [0.29, 0.717) is 22.7 Å². The first-order valence-corrected chi connectivity index (χ1v) is 5.38. The van der Waals surface area contributed by atoms with E-state index in [4.69, 9.17) is 5.73 Å². The average Bonchev–Trinajstić information content (AvgIpc) is 2.72. The van der Waals surface area contributed by atoms with Gasteiger partial charge in [0.05, 0.1) is 0 Å². The van der Waals surface area contributed by atoms with Gasteiger partial charge >= 0.3 is 0 Å². The molecule has 0 bridgehead atoms. The standard InChI is InChI=1S/C12H10FN5/c1-7-4-11-16-17-12(18(11)6-15-7)9-3-2-8(13)5-10(9)14/h2-6H,14H2,1H3. The van der Waals surface area contributed by atoms with Crippen LogP contribution in [0.5, 0.6) is 0 Å². The molecule has 3 aromatic rings. The summed E-state index contributed by atoms with van der Waals surface area (Å²) in [6, 6.07) is 6.00. The highest BCUT2D eigenvalue weighted by Gasteiger charge is 2.11. The van der Waals surface area contributed by atoms with Gasteiger partial charge in [0.25, 0.3) is 0 Å². The maximum atomic E-state index is 13.0. The second-order valence-corrected chi connectivity index (χ2v) is 4.01. The molecule has 0 aliphatic heterocycles. The van der Waals surface area contributed by atoms with Crippen molar-refractivity contribution in [1.29, 1.82) is 0 Å². The smallest absolute Gasteiger partial charge is 0.171 e. The van der Waals surface area contributed by atoms with E-state index in [1.165, 1.54) is 12.1 Å². The highest BCUT2D eigenvalue weighted by molar-refractivity contribution is 5.72. The lowest BCUT2D eigenvalue weighted by Gasteiger charge is -2.03. The average molecular weight is 243 g/mol. The lowest BCUT2D eigenvalue weighted by molar-refractivity contribution is 0.628. The van der Waals surface area contributed by atoms with Crippen molar-refractivity contribution in [2.45, 2.75) is 6.92 Å². The third kappa shape index (κ3) is 1.58. The number of benzene rings is 1. The van der Waals surface area contributed by atoms with E-state index < -0.39 is 0 Å². The molecule has 0 saturated heterocycles. The highest BCUT2D eigenvalue weighted by atomic mass is 19.1. The summed E-state index contributed by atoms with van der Waals surface area (Å²) >= 11 is 0. The van der Waals surface area contributed by atoms with Crippen molar-refractivity contribution in [2.75, 3.05) is 5.73 Å². The van der Waals surface area contributed by atoms with Crippen LogP contribution in [0.15, 0.2) is 30.6 Å². The van der Waals surface area contributed by atoms with Crippen molar-refractivity contribution >= 4 is 11.3 Å². The van der Waals surface area contributed by atoms with Crippen molar-refractivity contribution in [1.82, 2.24) is 19.6 Å². The summed E-state index contributed by atoms with van der Waals surface area (Å²) in [5.74, 6) is 0.175. The van der Waals surface area contributed by atoms with E-state index in [-0.39, 0.29) is 5.82 Å². The van der Waals surface area contributed by atoms with E-state index in [1.807, 2.05) is 13.0 Å². The van der Waals surface area contributed by atoms with Crippen LogP contribution in [-0.2, 0) is 0 Å². The first-order valence-electron chi connectivity index (χ1n) is 5.38. The second kappa shape index (κ2) is 3.76. The van der Waals surface area contributed by atoms with Gasteiger partial charge in [-0.3, -0.25) is 4.40 Å². The number of fused-ring (bicyclic) bond motifs is 1. The van der Waals surface area contributed by atoms with E-state index in [0.717, 1.165) is 5.69 Å². The van der Waals surface area contributed by atoms with Crippen LogP contribution in [0.2, 0.25) is 0 Å². The SMILES string of the molecule is Cc1cc2nnc(-c3ccc(F)cc3N)n2cn1. The topological polar surface area (TPSA) is 69.1 Å². The Hall–Kier alpha value is -2.50. The van der Waals surface area contributed by atoms with Gasteiger partial charge < -0.3 is 5.73 Å². The maximum absolute atomic E-state index is 13.0. The molecule has 0 atom stereocenters. The summed E-state index contributed by atoms with van der Waals surface area (Å²) in [5, 5.41) is 8.11. The number of halogens is 1. The first-order chi connectivity index (χ1) is 8.65. The molecule has 2 N–H and O–H groups in total. The summed E-state index contributed by atoms with van der Waals surface area (Å²) in [5.41, 5.74) is 8.29. The van der Waals surface area contributed by atoms with E-state index >= 15 is 0 Å². The van der Waals surface area contributed by atoms with Crippen LogP contribution >= 0.6 is 0 Å². The summed E-state index contributed by atoms with van der Waals surface area (Å²) in [7, 11) is 0. The predicted octanol–water partition coefficient (Wildman–Crippen LogP) is 1.82. The number of nitrogen functional groups attached to an aromatic ring is 1. The van der Waals surface area contributed by atoms with Gasteiger partial charge in [-0.25, -0.2) is 9.37 Å². The normalized spacial score (nSPS) is 11.0. The number of rotatable bonds is 1. The minimum atomic E-state index is -0.376. The third-order valence-corrected chi connectivity index (χ3v) is 2.69. The molecule has 0 amide bonds. The van der Waals surface area contributed by atoms with E-state index in [9.17, 15) is 4.39 Å². The molecule has 2 heterocycles. The molecule has 18 heavy (non-hydrogen) atoms. The number of aryl methyl sites for hydroxylation is 1. The summed E-state index contributed by atoms with van der Waals surface area (Å²) < 4.78 is 14.7. The molecule has 0 aliphatic carbocycles. The molecule has 0 radical (unpaired) electrons. The molecule has 2 aromatic heterocycles. The Balaban J connectivity index is 2.25. The Kier molecular flexibility index (Phi) is 2.22. The van der Waals surface area contributed by atoms with Crippen molar-refractivity contribution in [3.8, 4) is 11.4 Å². The van der Waals surface area contributed by atoms with Gasteiger partial charge in [0.1, 0.15) is 12.1 Å². The van der Waals surface area contributed by atoms with Crippen LogP contribution in [0.25, 0.3) is 17.0 Å². The maximum Gasteiger partial charge on any atom is 0.171 e. The van der Waals surface area contributed by atoms with Crippen molar-refractivity contribution < 1.29 is 4.39 Å². The molecule has 5 nitrogen and oxygen atoms in total. The minimum absolute atomic E-state index is 0.324. The van der Waals surface area contributed by atoms with Crippen molar-refractivity contribution in [3.63, 3.8) is 0 Å². The molecule has 0 fully saturated rings. The lowest BCUT2D eigenvalue weighted by atomic mass is 10.1. The Morgan fingerprint density at radius 2 is 2.06 bits per heavy atom. The van der Waals surface area contributed by atoms with Gasteiger partial charge in [0.15, 0.2) is 11.5 Å². The number of hydrogen-bond acceptors (Lipinski definition) is 4. The van der Waals surface area contributed by atoms with Crippen LogP contribution in [0.4, 0.5) is 10.1 Å². The largest absolute Gasteiger partial charge is 0.398 e. The van der Waals surface area contributed by atoms with Gasteiger partial charge in [-0.2, -0.15) is 0 Å². The second-order valence-electron chi connectivity index (χ2n) is 4.01. The zero-order valence-electron chi connectivity index (χ0n) is 9.63. The quantitative estimate of drug-likeness (QED) is 0.662. The lowest BCUT2D eigenvalue weighted by Crippen LogP contribution is -1.96. The number of anilines is 1. The summed E-state index contributed by atoms with van der Waals surface area (Å²) in [6.45, 7) is 1.88. The molecule has 6 heteroatoms. The van der Waals surface area contributed by atoms with Gasteiger partial charge in [-0.05, 0) is 25.1 Å². The van der Waals surface area contributed by atoms with Crippen molar-refractivity contribution in [3.05, 3.63) is 42.1 Å². The Morgan fingerprint density at radius 3 is 2.83 bits per heavy atom. The third-order valence-electron chi connectivity index (χ3n) is 2.69. The highest BCUT2D eigenvalue weighted by Crippen LogP contribution is 2.25. The molecule has 0 aliphatic rings. The van der Waals surface area contributed by atoms with Crippen molar-refractivity contribution in [2.24, 2.45) is 0 Å². The molecule has 0 saturated carbocycles. The number of hydrogen-bond donors (Lipinski definition) is 1. The summed E-state index contributed by atoms with van der Waals surface area (Å²) in [6.07, 6.45) is 1.63. The van der Waals surface area contributed by atoms with E-state index in [2.05, 4.69) is 15.2 Å². The molecular weight excluding hydrogens is 233 g/mol. The molecular formula is C12H10FN5. The van der Waals surface area contributed by atoms with Gasteiger partial charge in [0.2, 0.25) is 0 Å². The van der Waals surface area contributed by atoms with E-state index in [1.54, 1.807) is 16.8 Å². The Labute approximate surface area is 102 Å². The van der Waals surface area contributed by atoms with Gasteiger partial charge in [0, 0.05) is 23.0 Å². The zero-order valence-corrected chi connectivity index (χ0v) is 9.63. The fourth-order valence-electron chi connectivity index (χ4n) is 1.81. The molecule has 1 aromatic carbocycles. The van der Waals surface area contributed by atoms with Crippen LogP contribution in [0.1, 0.15) is 5.69 Å². The fourth-order valence-corrected chi connectivity index (χ4v) is 1.81. The number of nitrogens with two attached hydrogens (primary N) is 1. The summed E-state index contributed by atoms with van der Waals surface area (Å²) in [4.78, 5) is 4.18. The number of aromatic nitrogens is 4. The van der Waals surface area contributed by atoms with Crippen LogP contribution < -0.4 is 5.73 Å². The minimum Gasteiger partial charge on any atom is -0.398 e.